The van der Waals surface area contributed by atoms with Crippen LogP contribution in [0.2, 0.25) is 0 Å². The van der Waals surface area contributed by atoms with Gasteiger partial charge in [0.15, 0.2) is 5.69 Å². The van der Waals surface area contributed by atoms with E-state index in [1.165, 1.54) is 5.56 Å². The van der Waals surface area contributed by atoms with Gasteiger partial charge < -0.3 is 19.1 Å². The summed E-state index contributed by atoms with van der Waals surface area (Å²) in [6.07, 6.45) is 5.43. The van der Waals surface area contributed by atoms with Crippen LogP contribution in [0.25, 0.3) is 0 Å². The predicted molar refractivity (Wildman–Crippen MR) is 115 cm³/mol. The normalized spacial score (nSPS) is 21.9. The van der Waals surface area contributed by atoms with Crippen molar-refractivity contribution in [3.63, 3.8) is 0 Å². The summed E-state index contributed by atoms with van der Waals surface area (Å²) in [4.78, 5) is 34.1. The lowest BCUT2D eigenvalue weighted by Crippen LogP contribution is -2.44. The van der Waals surface area contributed by atoms with E-state index in [9.17, 15) is 9.59 Å². The smallest absolute Gasteiger partial charge is 0.274 e. The fourth-order valence-corrected chi connectivity index (χ4v) is 4.96. The average Bonchev–Trinajstić information content (AvgIpc) is 3.49. The number of benzene rings is 1. The topological polar surface area (TPSA) is 67.7 Å². The van der Waals surface area contributed by atoms with Crippen molar-refractivity contribution in [2.75, 3.05) is 26.2 Å². The molecule has 1 aromatic heterocycles. The number of ether oxygens (including phenoxy) is 1. The molecule has 0 N–H and O–H groups in total. The van der Waals surface area contributed by atoms with Crippen LogP contribution < -0.4 is 0 Å². The van der Waals surface area contributed by atoms with Gasteiger partial charge in [0, 0.05) is 32.1 Å². The molecule has 0 aliphatic carbocycles. The predicted octanol–water partition coefficient (Wildman–Crippen LogP) is 2.94. The first-order valence-electron chi connectivity index (χ1n) is 11.4. The molecular weight excluding hydrogens is 392 g/mol. The summed E-state index contributed by atoms with van der Waals surface area (Å²) in [5.74, 6) is 0.286. The molecule has 0 spiro atoms. The molecule has 0 saturated carbocycles. The molecule has 0 radical (unpaired) electrons. The van der Waals surface area contributed by atoms with Crippen molar-refractivity contribution in [2.24, 2.45) is 5.92 Å². The van der Waals surface area contributed by atoms with Crippen molar-refractivity contribution in [3.05, 3.63) is 53.1 Å². The van der Waals surface area contributed by atoms with Gasteiger partial charge in [0.1, 0.15) is 6.10 Å². The van der Waals surface area contributed by atoms with Crippen molar-refractivity contribution < 1.29 is 14.3 Å². The first-order chi connectivity index (χ1) is 15.1. The SMILES string of the molecule is Cc1ccc([C@@H]2Cn3cnc(C(=O)N4CCC(C(=O)N5CCCC5)CC4)c3CO2)cc1. The number of fused-ring (bicyclic) bond motifs is 1. The molecule has 2 fully saturated rings. The number of likely N-dealkylation sites (tertiary alicyclic amines) is 2. The van der Waals surface area contributed by atoms with Gasteiger partial charge in [-0.25, -0.2) is 4.98 Å². The maximum Gasteiger partial charge on any atom is 0.274 e. The van der Waals surface area contributed by atoms with Gasteiger partial charge >= 0.3 is 0 Å². The Balaban J connectivity index is 1.22. The Bertz CT molecular complexity index is 954. The quantitative estimate of drug-likeness (QED) is 0.763. The molecule has 5 rings (SSSR count). The Morgan fingerprint density at radius 2 is 1.71 bits per heavy atom. The van der Waals surface area contributed by atoms with Crippen LogP contribution in [0.15, 0.2) is 30.6 Å². The number of amides is 2. The van der Waals surface area contributed by atoms with Gasteiger partial charge in [-0.3, -0.25) is 9.59 Å². The van der Waals surface area contributed by atoms with Crippen molar-refractivity contribution in [1.29, 1.82) is 0 Å². The van der Waals surface area contributed by atoms with Gasteiger partial charge in [0.2, 0.25) is 5.91 Å². The van der Waals surface area contributed by atoms with E-state index < -0.39 is 0 Å². The van der Waals surface area contributed by atoms with Gasteiger partial charge in [-0.2, -0.15) is 0 Å². The number of imidazole rings is 1. The highest BCUT2D eigenvalue weighted by molar-refractivity contribution is 5.93. The van der Waals surface area contributed by atoms with Gasteiger partial charge in [-0.15, -0.1) is 0 Å². The summed E-state index contributed by atoms with van der Waals surface area (Å²) in [5.41, 5.74) is 3.71. The van der Waals surface area contributed by atoms with E-state index in [4.69, 9.17) is 4.74 Å². The average molecular weight is 423 g/mol. The highest BCUT2D eigenvalue weighted by Gasteiger charge is 2.34. The first-order valence-corrected chi connectivity index (χ1v) is 11.4. The van der Waals surface area contributed by atoms with Crippen LogP contribution in [0.3, 0.4) is 0 Å². The van der Waals surface area contributed by atoms with Crippen molar-refractivity contribution in [2.45, 2.75) is 51.9 Å². The Kier molecular flexibility index (Phi) is 5.52. The Morgan fingerprint density at radius 1 is 1.00 bits per heavy atom. The fourth-order valence-electron chi connectivity index (χ4n) is 4.96. The molecule has 2 saturated heterocycles. The van der Waals surface area contributed by atoms with Gasteiger partial charge in [0.25, 0.3) is 5.91 Å². The molecule has 7 nitrogen and oxygen atoms in total. The highest BCUT2D eigenvalue weighted by Crippen LogP contribution is 2.29. The third kappa shape index (κ3) is 3.99. The second kappa shape index (κ2) is 8.46. The maximum atomic E-state index is 13.2. The lowest BCUT2D eigenvalue weighted by atomic mass is 9.95. The van der Waals surface area contributed by atoms with Crippen molar-refractivity contribution in [1.82, 2.24) is 19.4 Å². The number of hydrogen-bond donors (Lipinski definition) is 0. The number of nitrogens with zero attached hydrogens (tertiary/aromatic N) is 4. The zero-order chi connectivity index (χ0) is 21.4. The Labute approximate surface area is 183 Å². The van der Waals surface area contributed by atoms with E-state index >= 15 is 0 Å². The molecule has 1 atom stereocenters. The van der Waals surface area contributed by atoms with E-state index in [0.29, 0.717) is 31.9 Å². The van der Waals surface area contributed by atoms with Crippen LogP contribution in [-0.4, -0.2) is 57.3 Å². The molecule has 0 unspecified atom stereocenters. The summed E-state index contributed by atoms with van der Waals surface area (Å²) in [6.45, 7) is 6.12. The van der Waals surface area contributed by atoms with E-state index in [1.807, 2.05) is 14.4 Å². The number of piperidine rings is 1. The molecule has 7 heteroatoms. The third-order valence-corrected chi connectivity index (χ3v) is 6.93. The summed E-state index contributed by atoms with van der Waals surface area (Å²) in [6, 6.07) is 8.38. The highest BCUT2D eigenvalue weighted by atomic mass is 16.5. The summed E-state index contributed by atoms with van der Waals surface area (Å²) in [7, 11) is 0. The molecule has 4 heterocycles. The molecule has 31 heavy (non-hydrogen) atoms. The van der Waals surface area contributed by atoms with Crippen LogP contribution in [-0.2, 0) is 22.7 Å². The van der Waals surface area contributed by atoms with Crippen molar-refractivity contribution >= 4 is 11.8 Å². The maximum absolute atomic E-state index is 13.2. The minimum Gasteiger partial charge on any atom is -0.365 e. The largest absolute Gasteiger partial charge is 0.365 e. The molecule has 3 aliphatic heterocycles. The summed E-state index contributed by atoms with van der Waals surface area (Å²) < 4.78 is 8.14. The lowest BCUT2D eigenvalue weighted by molar-refractivity contribution is -0.135. The zero-order valence-corrected chi connectivity index (χ0v) is 18.1. The Morgan fingerprint density at radius 3 is 2.42 bits per heavy atom. The zero-order valence-electron chi connectivity index (χ0n) is 18.1. The number of aryl methyl sites for hydroxylation is 1. The van der Waals surface area contributed by atoms with E-state index in [1.54, 1.807) is 6.33 Å². The van der Waals surface area contributed by atoms with E-state index in [0.717, 1.165) is 50.0 Å². The minimum atomic E-state index is -0.0433. The summed E-state index contributed by atoms with van der Waals surface area (Å²) in [5, 5.41) is 0. The molecule has 0 bridgehead atoms. The van der Waals surface area contributed by atoms with Crippen LogP contribution in [0, 0.1) is 12.8 Å². The molecule has 1 aromatic carbocycles. The second-order valence-electron chi connectivity index (χ2n) is 9.00. The van der Waals surface area contributed by atoms with Crippen LogP contribution in [0.4, 0.5) is 0 Å². The number of carbonyl (C=O) groups is 2. The minimum absolute atomic E-state index is 0.0300. The van der Waals surface area contributed by atoms with Crippen LogP contribution in [0.5, 0.6) is 0 Å². The molecular formula is C24H30N4O3. The molecule has 164 valence electrons. The number of carbonyl (C=O) groups excluding carboxylic acids is 2. The van der Waals surface area contributed by atoms with Gasteiger partial charge in [0.05, 0.1) is 25.2 Å². The monoisotopic (exact) mass is 422 g/mol. The van der Waals surface area contributed by atoms with E-state index in [2.05, 4.69) is 36.2 Å². The molecule has 2 aromatic rings. The second-order valence-corrected chi connectivity index (χ2v) is 9.00. The Hall–Kier alpha value is -2.67. The van der Waals surface area contributed by atoms with E-state index in [-0.39, 0.29) is 23.8 Å². The third-order valence-electron chi connectivity index (χ3n) is 6.93. The lowest BCUT2D eigenvalue weighted by Gasteiger charge is -2.33. The fraction of sp³-hybridized carbons (Fsp3) is 0.542. The van der Waals surface area contributed by atoms with Gasteiger partial charge in [-0.05, 0) is 38.2 Å². The molecule has 2 amide bonds. The van der Waals surface area contributed by atoms with Crippen LogP contribution >= 0.6 is 0 Å². The number of aromatic nitrogens is 2. The standard InChI is InChI=1S/C24H30N4O3/c1-17-4-6-18(7-5-17)21-14-28-16-25-22(20(28)15-31-21)24(30)27-12-8-19(9-13-27)23(29)26-10-2-3-11-26/h4-7,16,19,21H,2-3,8-15H2,1H3/t21-/m0/s1. The first kappa shape index (κ1) is 20.2. The molecule has 3 aliphatic rings. The number of hydrogen-bond acceptors (Lipinski definition) is 4. The van der Waals surface area contributed by atoms with Crippen molar-refractivity contribution in [3.8, 4) is 0 Å². The van der Waals surface area contributed by atoms with Gasteiger partial charge in [-0.1, -0.05) is 29.8 Å². The summed E-state index contributed by atoms with van der Waals surface area (Å²) >= 11 is 0. The van der Waals surface area contributed by atoms with Crippen LogP contribution in [0.1, 0.15) is 59.1 Å². The number of rotatable bonds is 3.